The number of halogens is 4. The van der Waals surface area contributed by atoms with E-state index in [0.29, 0.717) is 31.7 Å². The van der Waals surface area contributed by atoms with Crippen LogP contribution in [-0.2, 0) is 0 Å². The predicted octanol–water partition coefficient (Wildman–Crippen LogP) is 6.76. The molecule has 1 aromatic heterocycles. The molecule has 1 atom stereocenters. The highest BCUT2D eigenvalue weighted by atomic mass is 79.9. The summed E-state index contributed by atoms with van der Waals surface area (Å²) in [4.78, 5) is 17.7. The fourth-order valence-corrected chi connectivity index (χ4v) is 5.81. The van der Waals surface area contributed by atoms with Crippen LogP contribution in [0.15, 0.2) is 102 Å². The number of anilines is 1. The average Bonchev–Trinajstić information content (AvgIpc) is 3.42. The molecule has 1 amide bonds. The summed E-state index contributed by atoms with van der Waals surface area (Å²) in [5.41, 5.74) is 2.18. The van der Waals surface area contributed by atoms with Crippen molar-refractivity contribution in [2.75, 3.05) is 31.5 Å². The highest BCUT2D eigenvalue weighted by Gasteiger charge is 2.42. The average molecular weight is 622 g/mol. The molecule has 3 aromatic carbocycles. The number of allylic oxidation sites excluding steroid dienone is 1. The van der Waals surface area contributed by atoms with Crippen molar-refractivity contribution in [3.8, 4) is 0 Å². The van der Waals surface area contributed by atoms with E-state index in [1.807, 2.05) is 36.4 Å². The highest BCUT2D eigenvalue weighted by molar-refractivity contribution is 9.10. The Morgan fingerprint density at radius 3 is 2.02 bits per heavy atom. The minimum Gasteiger partial charge on any atom is -0.359 e. The van der Waals surface area contributed by atoms with Crippen LogP contribution in [-0.4, -0.2) is 57.8 Å². The lowest BCUT2D eigenvalue weighted by atomic mass is 9.96. The van der Waals surface area contributed by atoms with E-state index < -0.39 is 17.9 Å². The summed E-state index contributed by atoms with van der Waals surface area (Å²) in [7, 11) is 0. The van der Waals surface area contributed by atoms with Crippen LogP contribution in [0.4, 0.5) is 19.0 Å². The van der Waals surface area contributed by atoms with E-state index in [1.54, 1.807) is 29.2 Å². The van der Waals surface area contributed by atoms with Crippen LogP contribution in [0.2, 0.25) is 0 Å². The van der Waals surface area contributed by atoms with Crippen molar-refractivity contribution in [2.24, 2.45) is 0 Å². The molecule has 0 spiro atoms. The number of hydrogen-bond donors (Lipinski definition) is 1. The molecule has 2 aliphatic rings. The minimum absolute atomic E-state index is 0.0337. The fraction of sp³-hybridized carbons (Fsp3) is 0.226. The topological polar surface area (TPSA) is 53.4 Å². The van der Waals surface area contributed by atoms with Gasteiger partial charge in [-0.2, -0.15) is 18.3 Å². The molecule has 2 aliphatic heterocycles. The zero-order valence-corrected chi connectivity index (χ0v) is 23.5. The number of benzene rings is 3. The van der Waals surface area contributed by atoms with Gasteiger partial charge in [-0.05, 0) is 34.9 Å². The van der Waals surface area contributed by atoms with Crippen LogP contribution in [0, 0.1) is 0 Å². The van der Waals surface area contributed by atoms with E-state index in [1.165, 1.54) is 17.3 Å². The molecular weight excluding hydrogens is 595 g/mol. The molecule has 4 aromatic rings. The third kappa shape index (κ3) is 5.54. The largest absolute Gasteiger partial charge is 0.433 e. The molecule has 10 heteroatoms. The normalized spacial score (nSPS) is 17.6. The number of aromatic nitrogens is 2. The summed E-state index contributed by atoms with van der Waals surface area (Å²) in [5, 5.41) is 7.11. The Morgan fingerprint density at radius 2 is 1.46 bits per heavy atom. The second-order valence-corrected chi connectivity index (χ2v) is 11.0. The maximum absolute atomic E-state index is 14.1. The standard InChI is InChI=1S/C31H27BrF3N5O/c32-24-13-11-21(12-14-24)26-19-27(31(33,34)35)40-29(37-26)25(20-36-40)30(41)39-17-15-38(16-18-39)28(22-7-3-1-4-8-22)23-9-5-2-6-10-23/h1-14,19-20,26,28,37H,15-18H2/t26-/m1/s1. The van der Waals surface area contributed by atoms with Crippen molar-refractivity contribution < 1.29 is 18.0 Å². The Kier molecular flexibility index (Phi) is 7.44. The number of rotatable bonds is 5. The third-order valence-electron chi connectivity index (χ3n) is 7.56. The van der Waals surface area contributed by atoms with E-state index >= 15 is 0 Å². The first-order chi connectivity index (χ1) is 19.8. The van der Waals surface area contributed by atoms with Gasteiger partial charge in [0, 0.05) is 30.7 Å². The molecule has 210 valence electrons. The first-order valence-corrected chi connectivity index (χ1v) is 14.1. The highest BCUT2D eigenvalue weighted by Crippen LogP contribution is 2.40. The van der Waals surface area contributed by atoms with E-state index in [0.717, 1.165) is 15.2 Å². The number of fused-ring (bicyclic) bond motifs is 1. The van der Waals surface area contributed by atoms with Gasteiger partial charge in [-0.15, -0.1) is 0 Å². The van der Waals surface area contributed by atoms with Gasteiger partial charge in [0.2, 0.25) is 0 Å². The van der Waals surface area contributed by atoms with Gasteiger partial charge < -0.3 is 10.2 Å². The number of hydrogen-bond acceptors (Lipinski definition) is 4. The van der Waals surface area contributed by atoms with Gasteiger partial charge in [0.15, 0.2) is 0 Å². The summed E-state index contributed by atoms with van der Waals surface area (Å²) in [6, 6.07) is 26.8. The van der Waals surface area contributed by atoms with Gasteiger partial charge in [0.1, 0.15) is 17.1 Å². The maximum Gasteiger partial charge on any atom is 0.433 e. The van der Waals surface area contributed by atoms with Crippen LogP contribution in [0.1, 0.15) is 39.1 Å². The van der Waals surface area contributed by atoms with Gasteiger partial charge in [-0.25, -0.2) is 4.68 Å². The minimum atomic E-state index is -4.65. The van der Waals surface area contributed by atoms with E-state index in [9.17, 15) is 18.0 Å². The van der Waals surface area contributed by atoms with Gasteiger partial charge in [-0.1, -0.05) is 88.7 Å². The molecule has 1 fully saturated rings. The number of nitrogens with one attached hydrogen (secondary N) is 1. The molecular formula is C31H27BrF3N5O. The number of carbonyl (C=O) groups excluding carboxylic acids is 1. The molecule has 0 bridgehead atoms. The van der Waals surface area contributed by atoms with Gasteiger partial charge in [0.05, 0.1) is 18.3 Å². The van der Waals surface area contributed by atoms with Crippen molar-refractivity contribution in [1.82, 2.24) is 19.6 Å². The van der Waals surface area contributed by atoms with Crippen molar-refractivity contribution in [2.45, 2.75) is 18.3 Å². The predicted molar refractivity (Wildman–Crippen MR) is 155 cm³/mol. The van der Waals surface area contributed by atoms with Crippen LogP contribution >= 0.6 is 15.9 Å². The summed E-state index contributed by atoms with van der Waals surface area (Å²) in [6.45, 7) is 2.12. The monoisotopic (exact) mass is 621 g/mol. The quantitative estimate of drug-likeness (QED) is 0.267. The Balaban J connectivity index is 1.24. The first kappa shape index (κ1) is 27.3. The smallest absolute Gasteiger partial charge is 0.359 e. The summed E-state index contributed by atoms with van der Waals surface area (Å²) < 4.78 is 43.8. The summed E-state index contributed by atoms with van der Waals surface area (Å²) >= 11 is 3.36. The molecule has 0 unspecified atom stereocenters. The summed E-state index contributed by atoms with van der Waals surface area (Å²) in [6.07, 6.45) is -2.31. The molecule has 41 heavy (non-hydrogen) atoms. The van der Waals surface area contributed by atoms with E-state index in [-0.39, 0.29) is 23.3 Å². The van der Waals surface area contributed by atoms with Gasteiger partial charge >= 0.3 is 6.18 Å². The van der Waals surface area contributed by atoms with Gasteiger partial charge in [-0.3, -0.25) is 9.69 Å². The number of amides is 1. The molecule has 1 saturated heterocycles. The van der Waals surface area contributed by atoms with Gasteiger partial charge in [0.25, 0.3) is 5.91 Å². The number of piperazine rings is 1. The lowest BCUT2D eigenvalue weighted by Gasteiger charge is -2.40. The van der Waals surface area contributed by atoms with Crippen LogP contribution in [0.25, 0.3) is 5.70 Å². The van der Waals surface area contributed by atoms with Crippen LogP contribution in [0.3, 0.4) is 0 Å². The Morgan fingerprint density at radius 1 is 0.878 bits per heavy atom. The number of nitrogens with zero attached hydrogens (tertiary/aromatic N) is 4. The molecule has 0 radical (unpaired) electrons. The number of alkyl halides is 3. The second kappa shape index (κ2) is 11.2. The van der Waals surface area contributed by atoms with Crippen LogP contribution < -0.4 is 5.32 Å². The van der Waals surface area contributed by atoms with Crippen LogP contribution in [0.5, 0.6) is 0 Å². The fourth-order valence-electron chi connectivity index (χ4n) is 5.55. The lowest BCUT2D eigenvalue weighted by molar-refractivity contribution is -0.0747. The third-order valence-corrected chi connectivity index (χ3v) is 8.09. The molecule has 0 aliphatic carbocycles. The Labute approximate surface area is 244 Å². The van der Waals surface area contributed by atoms with Crippen molar-refractivity contribution >= 4 is 33.4 Å². The van der Waals surface area contributed by atoms with Crippen molar-refractivity contribution in [3.05, 3.63) is 124 Å². The van der Waals surface area contributed by atoms with E-state index in [2.05, 4.69) is 55.5 Å². The SMILES string of the molecule is O=C(c1cnn2c1N[C@@H](c1ccc(Br)cc1)C=C2C(F)(F)F)N1CCN(C(c2ccccc2)c2ccccc2)CC1. The molecule has 6 nitrogen and oxygen atoms in total. The zero-order valence-electron chi connectivity index (χ0n) is 21.9. The molecule has 6 rings (SSSR count). The first-order valence-electron chi connectivity index (χ1n) is 13.3. The van der Waals surface area contributed by atoms with Crippen molar-refractivity contribution in [3.63, 3.8) is 0 Å². The lowest BCUT2D eigenvalue weighted by Crippen LogP contribution is -2.50. The molecule has 1 N–H and O–H groups in total. The Bertz CT molecular complexity index is 1510. The van der Waals surface area contributed by atoms with E-state index in [4.69, 9.17) is 0 Å². The number of carbonyl (C=O) groups is 1. The maximum atomic E-state index is 14.1. The van der Waals surface area contributed by atoms with Crippen molar-refractivity contribution in [1.29, 1.82) is 0 Å². The second-order valence-electron chi connectivity index (χ2n) is 10.1. The molecule has 3 heterocycles. The molecule has 0 saturated carbocycles. The zero-order chi connectivity index (χ0) is 28.6. The summed E-state index contributed by atoms with van der Waals surface area (Å²) in [5.74, 6) is -0.293. The Hall–Kier alpha value is -3.89.